The van der Waals surface area contributed by atoms with Gasteiger partial charge >= 0.3 is 0 Å². The standard InChI is InChI=1S/C20H25N3O/c1-2-23(14-17-11-20(21)22-13-17)18-9-6-10-19(12-18)24-15-16-7-4-3-5-8-16/h3-12,17,22H,2,13-15,21H2,1H3/t17-/m0/s1. The van der Waals surface area contributed by atoms with E-state index in [1.165, 1.54) is 11.3 Å². The molecule has 2 aromatic carbocycles. The molecule has 0 saturated heterocycles. The van der Waals surface area contributed by atoms with Crippen LogP contribution in [0, 0.1) is 5.92 Å². The van der Waals surface area contributed by atoms with Gasteiger partial charge in [-0.2, -0.15) is 0 Å². The number of benzene rings is 2. The highest BCUT2D eigenvalue weighted by Gasteiger charge is 2.17. The van der Waals surface area contributed by atoms with E-state index in [2.05, 4.69) is 53.5 Å². The molecule has 126 valence electrons. The maximum atomic E-state index is 5.94. The normalized spacial score (nSPS) is 16.4. The lowest BCUT2D eigenvalue weighted by Gasteiger charge is -2.26. The molecule has 0 saturated carbocycles. The summed E-state index contributed by atoms with van der Waals surface area (Å²) in [5, 5.41) is 3.19. The zero-order valence-corrected chi connectivity index (χ0v) is 14.1. The average Bonchev–Trinajstić information content (AvgIpc) is 3.04. The van der Waals surface area contributed by atoms with Crippen molar-refractivity contribution in [3.05, 3.63) is 72.1 Å². The Balaban J connectivity index is 1.64. The highest BCUT2D eigenvalue weighted by molar-refractivity contribution is 5.51. The molecule has 1 aliphatic heterocycles. The van der Waals surface area contributed by atoms with Crippen LogP contribution in [0.2, 0.25) is 0 Å². The summed E-state index contributed by atoms with van der Waals surface area (Å²) in [6.45, 7) is 5.57. The number of hydrogen-bond donors (Lipinski definition) is 2. The molecular weight excluding hydrogens is 298 g/mol. The summed E-state index contributed by atoms with van der Waals surface area (Å²) >= 11 is 0. The zero-order chi connectivity index (χ0) is 16.8. The maximum Gasteiger partial charge on any atom is 0.121 e. The molecule has 2 aromatic rings. The van der Waals surface area contributed by atoms with Gasteiger partial charge in [0.25, 0.3) is 0 Å². The van der Waals surface area contributed by atoms with Crippen molar-refractivity contribution < 1.29 is 4.74 Å². The van der Waals surface area contributed by atoms with E-state index in [1.807, 2.05) is 24.3 Å². The summed E-state index contributed by atoms with van der Waals surface area (Å²) in [4.78, 5) is 2.36. The van der Waals surface area contributed by atoms with Crippen LogP contribution in [-0.2, 0) is 6.61 Å². The summed E-state index contributed by atoms with van der Waals surface area (Å²) < 4.78 is 5.94. The van der Waals surface area contributed by atoms with Gasteiger partial charge in [-0.15, -0.1) is 0 Å². The molecule has 0 aromatic heterocycles. The Kier molecular flexibility index (Phi) is 5.26. The number of rotatable bonds is 7. The second-order valence-corrected chi connectivity index (χ2v) is 6.07. The van der Waals surface area contributed by atoms with Crippen LogP contribution in [0.4, 0.5) is 5.69 Å². The van der Waals surface area contributed by atoms with E-state index >= 15 is 0 Å². The van der Waals surface area contributed by atoms with Crippen LogP contribution in [0.3, 0.4) is 0 Å². The number of nitrogens with zero attached hydrogens (tertiary/aromatic N) is 1. The van der Waals surface area contributed by atoms with Crippen molar-refractivity contribution in [3.8, 4) is 5.75 Å². The topological polar surface area (TPSA) is 50.5 Å². The zero-order valence-electron chi connectivity index (χ0n) is 14.1. The monoisotopic (exact) mass is 323 g/mol. The maximum absolute atomic E-state index is 5.94. The Morgan fingerprint density at radius 3 is 2.71 bits per heavy atom. The second kappa shape index (κ2) is 7.77. The Morgan fingerprint density at radius 1 is 1.17 bits per heavy atom. The van der Waals surface area contributed by atoms with Gasteiger partial charge in [-0.05, 0) is 30.7 Å². The van der Waals surface area contributed by atoms with Crippen molar-refractivity contribution in [1.29, 1.82) is 0 Å². The first-order chi connectivity index (χ1) is 11.7. The average molecular weight is 323 g/mol. The number of anilines is 1. The summed E-state index contributed by atoms with van der Waals surface area (Å²) in [6.07, 6.45) is 2.11. The molecule has 3 N–H and O–H groups in total. The minimum Gasteiger partial charge on any atom is -0.489 e. The number of ether oxygens (including phenoxy) is 1. The van der Waals surface area contributed by atoms with Crippen molar-refractivity contribution in [1.82, 2.24) is 5.32 Å². The summed E-state index contributed by atoms with van der Waals surface area (Å²) in [6, 6.07) is 18.5. The van der Waals surface area contributed by atoms with Gasteiger partial charge in [0.05, 0.1) is 5.82 Å². The minimum absolute atomic E-state index is 0.443. The Bertz CT molecular complexity index is 684. The van der Waals surface area contributed by atoms with Crippen molar-refractivity contribution in [2.24, 2.45) is 11.7 Å². The lowest BCUT2D eigenvalue weighted by molar-refractivity contribution is 0.306. The number of nitrogens with one attached hydrogen (secondary N) is 1. The van der Waals surface area contributed by atoms with E-state index in [1.54, 1.807) is 0 Å². The Morgan fingerprint density at radius 2 is 2.00 bits per heavy atom. The first kappa shape index (κ1) is 16.2. The molecule has 0 bridgehead atoms. The molecular formula is C20H25N3O. The van der Waals surface area contributed by atoms with Crippen LogP contribution < -0.4 is 20.7 Å². The van der Waals surface area contributed by atoms with Crippen LogP contribution in [0.1, 0.15) is 12.5 Å². The first-order valence-corrected chi connectivity index (χ1v) is 8.47. The van der Waals surface area contributed by atoms with Crippen LogP contribution in [0.25, 0.3) is 0 Å². The van der Waals surface area contributed by atoms with E-state index < -0.39 is 0 Å². The molecule has 0 radical (unpaired) electrons. The van der Waals surface area contributed by atoms with E-state index in [9.17, 15) is 0 Å². The molecule has 0 aliphatic carbocycles. The minimum atomic E-state index is 0.443. The lowest BCUT2D eigenvalue weighted by Crippen LogP contribution is -2.30. The largest absolute Gasteiger partial charge is 0.489 e. The van der Waals surface area contributed by atoms with Crippen molar-refractivity contribution >= 4 is 5.69 Å². The van der Waals surface area contributed by atoms with Crippen molar-refractivity contribution in [3.63, 3.8) is 0 Å². The van der Waals surface area contributed by atoms with Gasteiger partial charge < -0.3 is 20.7 Å². The van der Waals surface area contributed by atoms with Crippen LogP contribution in [-0.4, -0.2) is 19.6 Å². The summed E-state index contributed by atoms with van der Waals surface area (Å²) in [5.41, 5.74) is 8.17. The Hall–Kier alpha value is -2.62. The fourth-order valence-corrected chi connectivity index (χ4v) is 2.95. The van der Waals surface area contributed by atoms with Gasteiger partial charge in [-0.1, -0.05) is 36.4 Å². The molecule has 1 atom stereocenters. The third-order valence-corrected chi connectivity index (χ3v) is 4.25. The fraction of sp³-hybridized carbons (Fsp3) is 0.300. The smallest absolute Gasteiger partial charge is 0.121 e. The summed E-state index contributed by atoms with van der Waals surface area (Å²) in [5.74, 6) is 2.13. The molecule has 0 unspecified atom stereocenters. The number of nitrogens with two attached hydrogens (primary N) is 1. The van der Waals surface area contributed by atoms with Crippen molar-refractivity contribution in [2.45, 2.75) is 13.5 Å². The van der Waals surface area contributed by atoms with Gasteiger partial charge in [0.15, 0.2) is 0 Å². The highest BCUT2D eigenvalue weighted by Crippen LogP contribution is 2.23. The molecule has 0 spiro atoms. The molecule has 4 heteroatoms. The van der Waals surface area contributed by atoms with Gasteiger partial charge in [0.1, 0.15) is 12.4 Å². The third kappa shape index (κ3) is 4.22. The van der Waals surface area contributed by atoms with E-state index in [0.717, 1.165) is 31.2 Å². The summed E-state index contributed by atoms with van der Waals surface area (Å²) in [7, 11) is 0. The predicted octanol–water partition coefficient (Wildman–Crippen LogP) is 3.11. The first-order valence-electron chi connectivity index (χ1n) is 8.47. The van der Waals surface area contributed by atoms with Crippen molar-refractivity contribution in [2.75, 3.05) is 24.5 Å². The van der Waals surface area contributed by atoms with Crippen LogP contribution in [0.15, 0.2) is 66.5 Å². The second-order valence-electron chi connectivity index (χ2n) is 6.07. The fourth-order valence-electron chi connectivity index (χ4n) is 2.95. The molecule has 4 nitrogen and oxygen atoms in total. The van der Waals surface area contributed by atoms with Gasteiger partial charge in [0.2, 0.25) is 0 Å². The molecule has 24 heavy (non-hydrogen) atoms. The molecule has 3 rings (SSSR count). The quantitative estimate of drug-likeness (QED) is 0.822. The van der Waals surface area contributed by atoms with Gasteiger partial charge in [-0.3, -0.25) is 0 Å². The molecule has 0 fully saturated rings. The molecule has 1 aliphatic rings. The Labute approximate surface area is 143 Å². The molecule has 0 amide bonds. The highest BCUT2D eigenvalue weighted by atomic mass is 16.5. The van der Waals surface area contributed by atoms with Gasteiger partial charge in [0, 0.05) is 37.3 Å². The van der Waals surface area contributed by atoms with Gasteiger partial charge in [-0.25, -0.2) is 0 Å². The number of hydrogen-bond acceptors (Lipinski definition) is 4. The van der Waals surface area contributed by atoms with E-state index in [4.69, 9.17) is 10.5 Å². The van der Waals surface area contributed by atoms with E-state index in [-0.39, 0.29) is 0 Å². The van der Waals surface area contributed by atoms with Crippen LogP contribution in [0.5, 0.6) is 5.75 Å². The van der Waals surface area contributed by atoms with E-state index in [0.29, 0.717) is 12.5 Å². The lowest BCUT2D eigenvalue weighted by atomic mass is 10.1. The third-order valence-electron chi connectivity index (χ3n) is 4.25. The molecule has 1 heterocycles. The van der Waals surface area contributed by atoms with Crippen LogP contribution >= 0.6 is 0 Å². The SMILES string of the molecule is CCN(C[C@H]1C=C(N)NC1)c1cccc(OCc2ccccc2)c1. The predicted molar refractivity (Wildman–Crippen MR) is 98.9 cm³/mol.